The minimum absolute atomic E-state index is 0.517. The molecule has 0 atom stereocenters. The minimum atomic E-state index is 0.517. The molecule has 0 amide bonds. The first-order valence-corrected chi connectivity index (χ1v) is 5.59. The van der Waals surface area contributed by atoms with E-state index in [4.69, 9.17) is 11.6 Å². The van der Waals surface area contributed by atoms with Gasteiger partial charge in [0.15, 0.2) is 0 Å². The molecule has 0 aliphatic rings. The molecule has 72 valence electrons. The zero-order valence-corrected chi connectivity index (χ0v) is 9.27. The summed E-state index contributed by atoms with van der Waals surface area (Å²) in [6, 6.07) is 5.92. The van der Waals surface area contributed by atoms with Crippen LogP contribution in [0.25, 0.3) is 10.7 Å². The quantitative estimate of drug-likeness (QED) is 0.732. The highest BCUT2D eigenvalue weighted by Crippen LogP contribution is 2.24. The van der Waals surface area contributed by atoms with Crippen molar-refractivity contribution in [2.75, 3.05) is 0 Å². The molecule has 0 unspecified atom stereocenters. The Kier molecular flexibility index (Phi) is 2.79. The largest absolute Gasteiger partial charge is 0.251 e. The fourth-order valence-corrected chi connectivity index (χ4v) is 2.11. The zero-order chi connectivity index (χ0) is 9.97. The highest BCUT2D eigenvalue weighted by atomic mass is 35.5. The Labute approximate surface area is 91.6 Å². The molecule has 0 radical (unpaired) electrons. The average molecular weight is 225 g/mol. The van der Waals surface area contributed by atoms with E-state index in [-0.39, 0.29) is 0 Å². The summed E-state index contributed by atoms with van der Waals surface area (Å²) in [7, 11) is 0. The number of pyridine rings is 1. The zero-order valence-electron chi connectivity index (χ0n) is 7.70. The van der Waals surface area contributed by atoms with E-state index in [1.165, 1.54) is 0 Å². The van der Waals surface area contributed by atoms with E-state index in [0.29, 0.717) is 5.88 Å². The highest BCUT2D eigenvalue weighted by Gasteiger charge is 2.04. The first kappa shape index (κ1) is 9.62. The van der Waals surface area contributed by atoms with E-state index in [1.54, 1.807) is 17.5 Å². The van der Waals surface area contributed by atoms with Crippen LogP contribution in [0.5, 0.6) is 0 Å². The summed E-state index contributed by atoms with van der Waals surface area (Å²) >= 11 is 7.30. The Morgan fingerprint density at radius 2 is 2.29 bits per heavy atom. The van der Waals surface area contributed by atoms with Crippen LogP contribution in [0.1, 0.15) is 10.6 Å². The normalized spacial score (nSPS) is 10.4. The van der Waals surface area contributed by atoms with E-state index in [9.17, 15) is 0 Å². The lowest BCUT2D eigenvalue weighted by molar-refractivity contribution is 1.19. The summed E-state index contributed by atoms with van der Waals surface area (Å²) in [5.74, 6) is 0.517. The average Bonchev–Trinajstić information content (AvgIpc) is 2.66. The first-order chi connectivity index (χ1) is 6.79. The van der Waals surface area contributed by atoms with Crippen LogP contribution in [-0.2, 0) is 5.88 Å². The van der Waals surface area contributed by atoms with Crippen LogP contribution in [0.2, 0.25) is 0 Å². The molecule has 2 aromatic rings. The lowest BCUT2D eigenvalue weighted by Crippen LogP contribution is -1.84. The number of hydrogen-bond donors (Lipinski definition) is 0. The van der Waals surface area contributed by atoms with E-state index in [2.05, 4.69) is 9.97 Å². The molecule has 0 aliphatic carbocycles. The van der Waals surface area contributed by atoms with Gasteiger partial charge in [0.25, 0.3) is 0 Å². The van der Waals surface area contributed by atoms with Gasteiger partial charge in [0, 0.05) is 16.8 Å². The minimum Gasteiger partial charge on any atom is -0.251 e. The van der Waals surface area contributed by atoms with Crippen molar-refractivity contribution in [3.05, 3.63) is 35.0 Å². The van der Waals surface area contributed by atoms with E-state index >= 15 is 0 Å². The molecule has 0 saturated heterocycles. The maximum absolute atomic E-state index is 5.71. The molecule has 2 aromatic heterocycles. The summed E-state index contributed by atoms with van der Waals surface area (Å²) in [5, 5.41) is 0.935. The second-order valence-corrected chi connectivity index (χ2v) is 4.31. The van der Waals surface area contributed by atoms with Gasteiger partial charge in [-0.25, -0.2) is 4.98 Å². The SMILES string of the molecule is Cc1cccc(-c2ncc(CCl)s2)n1. The third kappa shape index (κ3) is 1.94. The van der Waals surface area contributed by atoms with Gasteiger partial charge in [0.1, 0.15) is 5.01 Å². The Bertz CT molecular complexity index is 439. The molecule has 0 saturated carbocycles. The lowest BCUT2D eigenvalue weighted by Gasteiger charge is -1.95. The van der Waals surface area contributed by atoms with Gasteiger partial charge in [0.2, 0.25) is 0 Å². The second-order valence-electron chi connectivity index (χ2n) is 2.93. The fourth-order valence-electron chi connectivity index (χ4n) is 1.15. The summed E-state index contributed by atoms with van der Waals surface area (Å²) in [6.45, 7) is 1.97. The number of nitrogens with zero attached hydrogens (tertiary/aromatic N) is 2. The third-order valence-electron chi connectivity index (χ3n) is 1.79. The Morgan fingerprint density at radius 1 is 1.43 bits per heavy atom. The topological polar surface area (TPSA) is 25.8 Å². The number of halogens is 1. The number of hydrogen-bond acceptors (Lipinski definition) is 3. The van der Waals surface area contributed by atoms with Crippen LogP contribution in [0.4, 0.5) is 0 Å². The van der Waals surface area contributed by atoms with Crippen LogP contribution in [0, 0.1) is 6.92 Å². The molecule has 0 bridgehead atoms. The first-order valence-electron chi connectivity index (χ1n) is 4.24. The van der Waals surface area contributed by atoms with Gasteiger partial charge < -0.3 is 0 Å². The second kappa shape index (κ2) is 4.07. The highest BCUT2D eigenvalue weighted by molar-refractivity contribution is 7.15. The van der Waals surface area contributed by atoms with Crippen LogP contribution >= 0.6 is 22.9 Å². The van der Waals surface area contributed by atoms with Crippen LogP contribution in [0.3, 0.4) is 0 Å². The van der Waals surface area contributed by atoms with Gasteiger partial charge in [-0.2, -0.15) is 0 Å². The van der Waals surface area contributed by atoms with E-state index < -0.39 is 0 Å². The Hall–Kier alpha value is -0.930. The molecule has 2 rings (SSSR count). The molecule has 0 N–H and O–H groups in total. The standard InChI is InChI=1S/C10H9ClN2S/c1-7-3-2-4-9(13-7)10-12-6-8(5-11)14-10/h2-4,6H,5H2,1H3. The number of thiazole rings is 1. The summed E-state index contributed by atoms with van der Waals surface area (Å²) < 4.78 is 0. The molecular weight excluding hydrogens is 216 g/mol. The van der Waals surface area contributed by atoms with Gasteiger partial charge >= 0.3 is 0 Å². The monoisotopic (exact) mass is 224 g/mol. The van der Waals surface area contributed by atoms with Crippen molar-refractivity contribution in [3.8, 4) is 10.7 Å². The summed E-state index contributed by atoms with van der Waals surface area (Å²) in [4.78, 5) is 9.74. The van der Waals surface area contributed by atoms with Crippen molar-refractivity contribution in [1.29, 1.82) is 0 Å². The molecular formula is C10H9ClN2S. The van der Waals surface area contributed by atoms with Crippen molar-refractivity contribution in [3.63, 3.8) is 0 Å². The van der Waals surface area contributed by atoms with Crippen molar-refractivity contribution in [2.24, 2.45) is 0 Å². The Balaban J connectivity index is 2.39. The lowest BCUT2D eigenvalue weighted by atomic mass is 10.3. The molecule has 2 heterocycles. The van der Waals surface area contributed by atoms with Gasteiger partial charge in [-0.1, -0.05) is 6.07 Å². The molecule has 14 heavy (non-hydrogen) atoms. The van der Waals surface area contributed by atoms with Gasteiger partial charge in [-0.15, -0.1) is 22.9 Å². The molecule has 4 heteroatoms. The van der Waals surface area contributed by atoms with Crippen molar-refractivity contribution in [2.45, 2.75) is 12.8 Å². The van der Waals surface area contributed by atoms with Crippen LogP contribution in [-0.4, -0.2) is 9.97 Å². The Morgan fingerprint density at radius 3 is 2.93 bits per heavy atom. The van der Waals surface area contributed by atoms with Crippen molar-refractivity contribution >= 4 is 22.9 Å². The molecule has 0 aromatic carbocycles. The molecule has 0 aliphatic heterocycles. The maximum Gasteiger partial charge on any atom is 0.142 e. The fraction of sp³-hybridized carbons (Fsp3) is 0.200. The molecule has 0 fully saturated rings. The number of aryl methyl sites for hydroxylation is 1. The van der Waals surface area contributed by atoms with Gasteiger partial charge in [-0.3, -0.25) is 4.98 Å². The number of aromatic nitrogens is 2. The van der Waals surface area contributed by atoms with Gasteiger partial charge in [0.05, 0.1) is 11.6 Å². The van der Waals surface area contributed by atoms with Gasteiger partial charge in [-0.05, 0) is 19.1 Å². The van der Waals surface area contributed by atoms with Crippen molar-refractivity contribution in [1.82, 2.24) is 9.97 Å². The smallest absolute Gasteiger partial charge is 0.142 e. The predicted octanol–water partition coefficient (Wildman–Crippen LogP) is 3.25. The summed E-state index contributed by atoms with van der Waals surface area (Å²) in [6.07, 6.45) is 1.80. The molecule has 0 spiro atoms. The predicted molar refractivity (Wildman–Crippen MR) is 59.6 cm³/mol. The summed E-state index contributed by atoms with van der Waals surface area (Å²) in [5.41, 5.74) is 1.93. The van der Waals surface area contributed by atoms with Crippen LogP contribution < -0.4 is 0 Å². The number of rotatable bonds is 2. The molecule has 2 nitrogen and oxygen atoms in total. The van der Waals surface area contributed by atoms with Crippen molar-refractivity contribution < 1.29 is 0 Å². The third-order valence-corrected chi connectivity index (χ3v) is 3.26. The van der Waals surface area contributed by atoms with E-state index in [1.807, 2.05) is 25.1 Å². The van der Waals surface area contributed by atoms with E-state index in [0.717, 1.165) is 21.3 Å². The van der Waals surface area contributed by atoms with Crippen LogP contribution in [0.15, 0.2) is 24.4 Å². The maximum atomic E-state index is 5.71. The number of alkyl halides is 1.